The van der Waals surface area contributed by atoms with Gasteiger partial charge in [0.1, 0.15) is 59.3 Å². The summed E-state index contributed by atoms with van der Waals surface area (Å²) < 4.78 is 32.5. The molecular weight excluding hydrogens is 596 g/mol. The lowest BCUT2D eigenvalue weighted by Gasteiger charge is -2.45. The summed E-state index contributed by atoms with van der Waals surface area (Å²) in [6.07, 6.45) is -16.0. The first kappa shape index (κ1) is 31.9. The highest BCUT2D eigenvalue weighted by atomic mass is 17.2. The van der Waals surface area contributed by atoms with Gasteiger partial charge in [0, 0.05) is 12.1 Å². The maximum Gasteiger partial charge on any atom is 0.232 e. The number of aliphatic hydroxyl groups excluding tert-OH is 6. The van der Waals surface area contributed by atoms with Gasteiger partial charge in [0.05, 0.1) is 32.3 Å². The van der Waals surface area contributed by atoms with E-state index in [1.54, 1.807) is 0 Å². The third kappa shape index (κ3) is 5.47. The van der Waals surface area contributed by atoms with Gasteiger partial charge in [0.15, 0.2) is 23.5 Å². The van der Waals surface area contributed by atoms with Crippen LogP contribution in [0.2, 0.25) is 0 Å². The lowest BCUT2D eigenvalue weighted by atomic mass is 9.97. The molecule has 2 aliphatic rings. The molecular formula is C27H32O17. The fourth-order valence-electron chi connectivity index (χ4n) is 5.05. The van der Waals surface area contributed by atoms with E-state index in [1.807, 2.05) is 0 Å². The van der Waals surface area contributed by atoms with Gasteiger partial charge < -0.3 is 73.8 Å². The van der Waals surface area contributed by atoms with Crippen LogP contribution in [0.3, 0.4) is 0 Å². The molecule has 17 heteroatoms. The van der Waals surface area contributed by atoms with Gasteiger partial charge in [-0.1, -0.05) is 0 Å². The number of phenols is 2. The van der Waals surface area contributed by atoms with Crippen molar-refractivity contribution >= 4 is 21.9 Å². The number of fused-ring (bicyclic) bond motifs is 2. The number of methoxy groups -OCH3 is 2. The molecule has 2 aromatic carbocycles. The predicted molar refractivity (Wildman–Crippen MR) is 143 cm³/mol. The molecule has 0 spiro atoms. The molecule has 44 heavy (non-hydrogen) atoms. The van der Waals surface area contributed by atoms with E-state index in [0.29, 0.717) is 0 Å². The maximum atomic E-state index is 13.3. The summed E-state index contributed by atoms with van der Waals surface area (Å²) in [5, 5.41) is 82.2. The molecule has 242 valence electrons. The molecule has 0 aliphatic carbocycles. The number of phenolic OH excluding ortho intramolecular Hbond substituents is 2. The molecule has 0 amide bonds. The van der Waals surface area contributed by atoms with Crippen LogP contribution in [0.15, 0.2) is 27.4 Å². The summed E-state index contributed by atoms with van der Waals surface area (Å²) in [4.78, 5) is 24.0. The zero-order valence-electron chi connectivity index (χ0n) is 23.5. The lowest BCUT2D eigenvalue weighted by Crippen LogP contribution is -2.64. The van der Waals surface area contributed by atoms with Gasteiger partial charge in [-0.05, 0) is 13.0 Å². The predicted octanol–water partition coefficient (Wildman–Crippen LogP) is -1.66. The van der Waals surface area contributed by atoms with Gasteiger partial charge in [-0.2, -0.15) is 4.89 Å². The van der Waals surface area contributed by atoms with E-state index in [0.717, 1.165) is 19.2 Å². The van der Waals surface area contributed by atoms with Crippen molar-refractivity contribution in [2.75, 3.05) is 20.8 Å². The van der Waals surface area contributed by atoms with E-state index in [9.17, 15) is 45.6 Å². The van der Waals surface area contributed by atoms with Gasteiger partial charge in [0.25, 0.3) is 0 Å². The molecule has 0 saturated carbocycles. The van der Waals surface area contributed by atoms with Crippen molar-refractivity contribution in [2.24, 2.45) is 0 Å². The highest BCUT2D eigenvalue weighted by Gasteiger charge is 2.51. The molecule has 3 aromatic rings. The van der Waals surface area contributed by atoms with Gasteiger partial charge in [-0.15, -0.1) is 0 Å². The molecule has 2 aliphatic heterocycles. The van der Waals surface area contributed by atoms with Crippen molar-refractivity contribution in [3.8, 4) is 28.7 Å². The Hall–Kier alpha value is -3.49. The molecule has 0 bridgehead atoms. The molecule has 10 atom stereocenters. The van der Waals surface area contributed by atoms with Crippen LogP contribution in [0.25, 0.3) is 21.9 Å². The average molecular weight is 629 g/mol. The summed E-state index contributed by atoms with van der Waals surface area (Å²) in [7, 11) is 2.45. The average Bonchev–Trinajstić information content (AvgIpc) is 3.00. The first-order valence-electron chi connectivity index (χ1n) is 13.3. The van der Waals surface area contributed by atoms with Crippen molar-refractivity contribution in [3.05, 3.63) is 28.4 Å². The quantitative estimate of drug-likeness (QED) is 0.0788. The van der Waals surface area contributed by atoms with Crippen LogP contribution < -0.4 is 19.8 Å². The van der Waals surface area contributed by atoms with Gasteiger partial charge >= 0.3 is 0 Å². The third-order valence-electron chi connectivity index (χ3n) is 7.52. The minimum absolute atomic E-state index is 0.00649. The van der Waals surface area contributed by atoms with Crippen LogP contribution in [0, 0.1) is 0 Å². The summed E-state index contributed by atoms with van der Waals surface area (Å²) in [5.74, 6) is -1.79. The van der Waals surface area contributed by atoms with Crippen LogP contribution in [-0.4, -0.2) is 123 Å². The van der Waals surface area contributed by atoms with Crippen LogP contribution in [0.1, 0.15) is 6.92 Å². The van der Waals surface area contributed by atoms with E-state index in [4.69, 9.17) is 37.9 Å². The van der Waals surface area contributed by atoms with E-state index < -0.39 is 79.2 Å². The largest absolute Gasteiger partial charge is 0.504 e. The highest BCUT2D eigenvalue weighted by molar-refractivity contribution is 5.96. The van der Waals surface area contributed by atoms with Crippen molar-refractivity contribution in [3.63, 3.8) is 0 Å². The van der Waals surface area contributed by atoms with Crippen molar-refractivity contribution in [1.29, 1.82) is 0 Å². The Morgan fingerprint density at radius 2 is 1.55 bits per heavy atom. The fourth-order valence-corrected chi connectivity index (χ4v) is 5.05. The molecule has 3 heterocycles. The minimum atomic E-state index is -1.83. The lowest BCUT2D eigenvalue weighted by molar-refractivity contribution is -0.413. The second-order valence-corrected chi connectivity index (χ2v) is 10.2. The Balaban J connectivity index is 1.48. The number of hydrogen-bond donors (Lipinski definition) is 8. The second kappa shape index (κ2) is 12.5. The molecule has 2 fully saturated rings. The third-order valence-corrected chi connectivity index (χ3v) is 7.52. The zero-order valence-corrected chi connectivity index (χ0v) is 23.5. The Morgan fingerprint density at radius 1 is 0.818 bits per heavy atom. The van der Waals surface area contributed by atoms with Gasteiger partial charge in [-0.25, -0.2) is 0 Å². The number of benzene rings is 2. The monoisotopic (exact) mass is 628 g/mol. The van der Waals surface area contributed by atoms with Crippen LogP contribution in [-0.2, 0) is 19.1 Å². The van der Waals surface area contributed by atoms with E-state index >= 15 is 0 Å². The number of aliphatic hydroxyl groups is 6. The molecule has 1 aromatic heterocycles. The minimum Gasteiger partial charge on any atom is -0.504 e. The topological polar surface area (TPSA) is 257 Å². The Labute approximate surface area is 247 Å². The smallest absolute Gasteiger partial charge is 0.232 e. The summed E-state index contributed by atoms with van der Waals surface area (Å²) in [5.41, 5.74) is -0.968. The van der Waals surface area contributed by atoms with Gasteiger partial charge in [0.2, 0.25) is 23.2 Å². The van der Waals surface area contributed by atoms with E-state index in [2.05, 4.69) is 0 Å². The number of rotatable bonds is 8. The van der Waals surface area contributed by atoms with Crippen molar-refractivity contribution < 1.29 is 78.7 Å². The Morgan fingerprint density at radius 3 is 2.20 bits per heavy atom. The van der Waals surface area contributed by atoms with Crippen LogP contribution >= 0.6 is 0 Å². The maximum absolute atomic E-state index is 13.3. The summed E-state index contributed by atoms with van der Waals surface area (Å²) >= 11 is 0. The molecule has 17 nitrogen and oxygen atoms in total. The van der Waals surface area contributed by atoms with Crippen molar-refractivity contribution in [2.45, 2.75) is 68.3 Å². The van der Waals surface area contributed by atoms with Crippen molar-refractivity contribution in [1.82, 2.24) is 0 Å². The molecule has 0 unspecified atom stereocenters. The number of ether oxygens (including phenoxy) is 5. The molecule has 8 N–H and O–H groups in total. The first-order chi connectivity index (χ1) is 20.9. The fraction of sp³-hybridized carbons (Fsp3) is 0.519. The normalized spacial score (nSPS) is 32.6. The SMILES string of the molecule is COc1cc2c(=O)c3c(O)c(OC)c(OO[C@H]4O[C@H](CO)[C@@H](O)[C@H](O)[C@@H]4O[C@@H]4O[C@@H](C)[C@@H](O)[C@H](O)[C@@H]4O)cc3oc2cc1O. The van der Waals surface area contributed by atoms with Crippen LogP contribution in [0.5, 0.6) is 28.7 Å². The highest BCUT2D eigenvalue weighted by Crippen LogP contribution is 2.43. The van der Waals surface area contributed by atoms with Gasteiger partial charge in [-0.3, -0.25) is 4.79 Å². The van der Waals surface area contributed by atoms with E-state index in [-0.39, 0.29) is 44.9 Å². The first-order valence-corrected chi connectivity index (χ1v) is 13.3. The molecule has 0 radical (unpaired) electrons. The van der Waals surface area contributed by atoms with Crippen LogP contribution in [0.4, 0.5) is 0 Å². The summed E-state index contributed by atoms with van der Waals surface area (Å²) in [6.45, 7) is 0.626. The molecule has 5 rings (SSSR count). The Bertz CT molecular complexity index is 1560. The number of hydrogen-bond acceptors (Lipinski definition) is 17. The standard InChI is InChI=1S/C27H32O17/c1-8-17(30)21(34)23(36)26(39-8)42-25-22(35)19(32)15(7-28)41-27(25)44-43-14-6-13-16(20(33)24(14)38-3)18(31)9-4-12(37-2)10(29)5-11(9)40-13/h4-6,8,15,17,19,21-23,25-30,32-36H,7H2,1-3H3/t8-,15+,17+,19+,21-,22-,23-,25-,26-,27+/m0/s1. The Kier molecular flexibility index (Phi) is 9.06. The van der Waals surface area contributed by atoms with E-state index in [1.165, 1.54) is 20.1 Å². The zero-order chi connectivity index (χ0) is 32.0. The number of aromatic hydroxyl groups is 2. The second-order valence-electron chi connectivity index (χ2n) is 10.2. The summed E-state index contributed by atoms with van der Waals surface area (Å²) in [6, 6.07) is 3.50. The molecule has 2 saturated heterocycles.